The summed E-state index contributed by atoms with van der Waals surface area (Å²) in [7, 11) is 0. The maximum absolute atomic E-state index is 6.02. The van der Waals surface area contributed by atoms with Gasteiger partial charge in [-0.05, 0) is 39.2 Å². The van der Waals surface area contributed by atoms with Crippen LogP contribution in [0.5, 0.6) is 0 Å². The van der Waals surface area contributed by atoms with E-state index in [-0.39, 0.29) is 11.7 Å². The zero-order valence-electron chi connectivity index (χ0n) is 13.0. The summed E-state index contributed by atoms with van der Waals surface area (Å²) in [6.45, 7) is 9.16. The second kappa shape index (κ2) is 6.70. The van der Waals surface area contributed by atoms with E-state index in [1.165, 1.54) is 5.56 Å². The molecule has 2 unspecified atom stereocenters. The Morgan fingerprint density at radius 2 is 2.05 bits per heavy atom. The van der Waals surface area contributed by atoms with Crippen molar-refractivity contribution in [3.05, 3.63) is 35.9 Å². The molecule has 1 aromatic carbocycles. The largest absolute Gasteiger partial charge is 0.370 e. The minimum atomic E-state index is -0.0716. The van der Waals surface area contributed by atoms with Gasteiger partial charge in [0.15, 0.2) is 0 Å². The van der Waals surface area contributed by atoms with Crippen molar-refractivity contribution in [1.29, 1.82) is 0 Å². The van der Waals surface area contributed by atoms with E-state index in [0.29, 0.717) is 6.04 Å². The number of rotatable bonds is 5. The molecule has 0 aromatic heterocycles. The average molecular weight is 276 g/mol. The molecule has 0 spiro atoms. The van der Waals surface area contributed by atoms with Gasteiger partial charge in [-0.15, -0.1) is 0 Å². The number of aryl methyl sites for hydroxylation is 1. The van der Waals surface area contributed by atoms with Gasteiger partial charge in [0.05, 0.1) is 11.7 Å². The van der Waals surface area contributed by atoms with E-state index in [9.17, 15) is 0 Å². The van der Waals surface area contributed by atoms with Gasteiger partial charge in [-0.1, -0.05) is 30.3 Å². The van der Waals surface area contributed by atoms with E-state index in [1.54, 1.807) is 0 Å². The van der Waals surface area contributed by atoms with Crippen LogP contribution in [0.1, 0.15) is 32.8 Å². The van der Waals surface area contributed by atoms with E-state index >= 15 is 0 Å². The first-order valence-electron chi connectivity index (χ1n) is 7.66. The molecule has 20 heavy (non-hydrogen) atoms. The molecule has 3 nitrogen and oxygen atoms in total. The van der Waals surface area contributed by atoms with Gasteiger partial charge in [-0.25, -0.2) is 0 Å². The molecule has 1 heterocycles. The maximum Gasteiger partial charge on any atom is 0.0757 e. The quantitative estimate of drug-likeness (QED) is 0.898. The zero-order valence-corrected chi connectivity index (χ0v) is 13.0. The smallest absolute Gasteiger partial charge is 0.0757 e. The predicted octanol–water partition coefficient (Wildman–Crippen LogP) is 2.45. The average Bonchev–Trinajstić information content (AvgIpc) is 2.38. The van der Waals surface area contributed by atoms with Crippen LogP contribution >= 0.6 is 0 Å². The SMILES string of the molecule is CC1CN(C(CN)CCc2ccccc2)CC(C)(C)O1. The number of hydrogen-bond acceptors (Lipinski definition) is 3. The third-order valence-electron chi connectivity index (χ3n) is 3.99. The second-order valence-corrected chi connectivity index (χ2v) is 6.53. The Bertz CT molecular complexity index is 405. The van der Waals surface area contributed by atoms with Gasteiger partial charge in [0.25, 0.3) is 0 Å². The summed E-state index contributed by atoms with van der Waals surface area (Å²) >= 11 is 0. The van der Waals surface area contributed by atoms with Crippen molar-refractivity contribution in [3.63, 3.8) is 0 Å². The minimum Gasteiger partial charge on any atom is -0.370 e. The van der Waals surface area contributed by atoms with Gasteiger partial charge in [0.2, 0.25) is 0 Å². The van der Waals surface area contributed by atoms with Crippen molar-refractivity contribution in [3.8, 4) is 0 Å². The summed E-state index contributed by atoms with van der Waals surface area (Å²) < 4.78 is 5.98. The number of morpholine rings is 1. The molecule has 2 N–H and O–H groups in total. The van der Waals surface area contributed by atoms with Gasteiger partial charge in [-0.2, -0.15) is 0 Å². The van der Waals surface area contributed by atoms with Crippen molar-refractivity contribution >= 4 is 0 Å². The van der Waals surface area contributed by atoms with Crippen molar-refractivity contribution in [2.75, 3.05) is 19.6 Å². The lowest BCUT2D eigenvalue weighted by Gasteiger charge is -2.45. The van der Waals surface area contributed by atoms with Gasteiger partial charge < -0.3 is 10.5 Å². The van der Waals surface area contributed by atoms with Crippen LogP contribution in [0.3, 0.4) is 0 Å². The molecule has 0 aliphatic carbocycles. The van der Waals surface area contributed by atoms with Crippen LogP contribution in [-0.4, -0.2) is 42.3 Å². The topological polar surface area (TPSA) is 38.5 Å². The highest BCUT2D eigenvalue weighted by molar-refractivity contribution is 5.14. The lowest BCUT2D eigenvalue weighted by molar-refractivity contribution is -0.137. The molecule has 0 amide bonds. The van der Waals surface area contributed by atoms with Crippen LogP contribution in [0, 0.1) is 0 Å². The summed E-state index contributed by atoms with van der Waals surface area (Å²) in [6, 6.07) is 11.1. The number of nitrogens with zero attached hydrogens (tertiary/aromatic N) is 1. The fraction of sp³-hybridized carbons (Fsp3) is 0.647. The summed E-state index contributed by atoms with van der Waals surface area (Å²) in [6.07, 6.45) is 2.49. The fourth-order valence-electron chi connectivity index (χ4n) is 3.21. The molecule has 0 bridgehead atoms. The highest BCUT2D eigenvalue weighted by Crippen LogP contribution is 2.23. The predicted molar refractivity (Wildman–Crippen MR) is 83.8 cm³/mol. The van der Waals surface area contributed by atoms with Crippen LogP contribution in [0.25, 0.3) is 0 Å². The Labute approximate surface area is 123 Å². The Kier molecular flexibility index (Phi) is 5.19. The Balaban J connectivity index is 1.94. The Hall–Kier alpha value is -0.900. The molecule has 1 fully saturated rings. The molecule has 1 saturated heterocycles. The van der Waals surface area contributed by atoms with Crippen molar-refractivity contribution in [1.82, 2.24) is 4.90 Å². The van der Waals surface area contributed by atoms with Gasteiger partial charge in [0.1, 0.15) is 0 Å². The van der Waals surface area contributed by atoms with Crippen LogP contribution in [-0.2, 0) is 11.2 Å². The fourth-order valence-corrected chi connectivity index (χ4v) is 3.21. The Morgan fingerprint density at radius 1 is 1.35 bits per heavy atom. The van der Waals surface area contributed by atoms with Crippen molar-refractivity contribution in [2.24, 2.45) is 5.73 Å². The van der Waals surface area contributed by atoms with E-state index in [2.05, 4.69) is 56.0 Å². The van der Waals surface area contributed by atoms with E-state index < -0.39 is 0 Å². The first-order valence-corrected chi connectivity index (χ1v) is 7.66. The van der Waals surface area contributed by atoms with Crippen molar-refractivity contribution in [2.45, 2.75) is 51.4 Å². The summed E-state index contributed by atoms with van der Waals surface area (Å²) in [4.78, 5) is 2.51. The van der Waals surface area contributed by atoms with Gasteiger partial charge >= 0.3 is 0 Å². The Morgan fingerprint density at radius 3 is 2.65 bits per heavy atom. The molecule has 1 aromatic rings. The minimum absolute atomic E-state index is 0.0716. The molecular weight excluding hydrogens is 248 g/mol. The molecule has 3 heteroatoms. The monoisotopic (exact) mass is 276 g/mol. The van der Waals surface area contributed by atoms with Crippen LogP contribution in [0.15, 0.2) is 30.3 Å². The normalized spacial score (nSPS) is 24.5. The van der Waals surface area contributed by atoms with E-state index in [4.69, 9.17) is 10.5 Å². The molecule has 2 rings (SSSR count). The molecule has 112 valence electrons. The number of benzene rings is 1. The van der Waals surface area contributed by atoms with E-state index in [1.807, 2.05) is 0 Å². The summed E-state index contributed by atoms with van der Waals surface area (Å²) in [5, 5.41) is 0. The second-order valence-electron chi connectivity index (χ2n) is 6.53. The molecule has 0 radical (unpaired) electrons. The molecule has 1 aliphatic heterocycles. The van der Waals surface area contributed by atoms with Crippen LogP contribution < -0.4 is 5.73 Å². The zero-order chi connectivity index (χ0) is 14.6. The van der Waals surface area contributed by atoms with Crippen molar-refractivity contribution < 1.29 is 4.74 Å². The number of ether oxygens (including phenoxy) is 1. The molecule has 2 atom stereocenters. The lowest BCUT2D eigenvalue weighted by atomic mass is 9.99. The first kappa shape index (κ1) is 15.5. The third-order valence-corrected chi connectivity index (χ3v) is 3.99. The highest BCUT2D eigenvalue weighted by atomic mass is 16.5. The number of nitrogens with two attached hydrogens (primary N) is 1. The number of hydrogen-bond donors (Lipinski definition) is 1. The maximum atomic E-state index is 6.02. The lowest BCUT2D eigenvalue weighted by Crippen LogP contribution is -2.56. The molecular formula is C17H28N2O. The highest BCUT2D eigenvalue weighted by Gasteiger charge is 2.34. The van der Waals surface area contributed by atoms with Gasteiger partial charge in [0, 0.05) is 25.7 Å². The first-order chi connectivity index (χ1) is 9.50. The molecule has 0 saturated carbocycles. The van der Waals surface area contributed by atoms with Gasteiger partial charge in [-0.3, -0.25) is 4.90 Å². The molecule has 1 aliphatic rings. The third kappa shape index (κ3) is 4.30. The van der Waals surface area contributed by atoms with Crippen LogP contribution in [0.4, 0.5) is 0 Å². The van der Waals surface area contributed by atoms with E-state index in [0.717, 1.165) is 32.5 Å². The summed E-state index contributed by atoms with van der Waals surface area (Å²) in [5.41, 5.74) is 7.34. The standard InChI is InChI=1S/C17H28N2O/c1-14-12-19(13-17(2,3)20-14)16(11-18)10-9-15-7-5-4-6-8-15/h4-8,14,16H,9-13,18H2,1-3H3. The summed E-state index contributed by atoms with van der Waals surface area (Å²) in [5.74, 6) is 0. The van der Waals surface area contributed by atoms with Crippen LogP contribution in [0.2, 0.25) is 0 Å².